The number of imidazole rings is 1. The van der Waals surface area contributed by atoms with Gasteiger partial charge in [-0.2, -0.15) is 0 Å². The van der Waals surface area contributed by atoms with Gasteiger partial charge in [0.2, 0.25) is 0 Å². The monoisotopic (exact) mass is 1200 g/mol. The standard InChI is InChI=1S/C45H40N4.C11H9ClN2O.C6H4BrNO.C5H5BClNO2/c1-25-19-29(5)39(30(6)20-25)33-13-15-35(27(3)23-33)42-43(36-16-14-34(24-28(36)4)40-31(7)21-26(2)22-32(40)8)49-44-37(11-10-18-47-44)41-38(45(49)48-42)12-9-17-46-41;1-15-9-5-3-6-13-10(9)8-4-2-7-14-11(8)12;7-6-5(4-9)2-1-3-8-6;7-5-4(6(9)10)2-1-3-8-5/h9-24H,1-8H3;2-7H,1H3;1-4H;1-3,9-10H. The van der Waals surface area contributed by atoms with Crippen molar-refractivity contribution in [3.63, 3.8) is 0 Å². The van der Waals surface area contributed by atoms with E-state index < -0.39 is 7.12 Å². The van der Waals surface area contributed by atoms with Crippen molar-refractivity contribution in [2.24, 2.45) is 0 Å². The van der Waals surface area contributed by atoms with Crippen LogP contribution in [0.4, 0.5) is 0 Å². The van der Waals surface area contributed by atoms with E-state index in [-0.39, 0.29) is 10.6 Å². The van der Waals surface area contributed by atoms with Gasteiger partial charge in [-0.25, -0.2) is 24.9 Å². The number of aryl methyl sites for hydroxylation is 8. The van der Waals surface area contributed by atoms with Crippen LogP contribution < -0.4 is 10.2 Å². The predicted molar refractivity (Wildman–Crippen MR) is 341 cm³/mol. The maximum atomic E-state index is 10.2. The van der Waals surface area contributed by atoms with Crippen molar-refractivity contribution >= 4 is 85.6 Å². The predicted octanol–water partition coefficient (Wildman–Crippen LogP) is 15.4. The molecule has 12 aromatic rings. The van der Waals surface area contributed by atoms with E-state index >= 15 is 0 Å². The second-order valence-corrected chi connectivity index (χ2v) is 21.5. The average molecular weight is 1200 g/mol. The molecule has 414 valence electrons. The molecule has 0 aliphatic rings. The molecule has 0 spiro atoms. The van der Waals surface area contributed by atoms with Crippen molar-refractivity contribution < 1.29 is 19.6 Å². The Labute approximate surface area is 501 Å². The molecule has 0 radical (unpaired) electrons. The summed E-state index contributed by atoms with van der Waals surface area (Å²) in [6.07, 6.45) is 10.9. The molecular formula is C67H58BBrCl2N8O4. The van der Waals surface area contributed by atoms with Gasteiger partial charge in [0.15, 0.2) is 6.29 Å². The van der Waals surface area contributed by atoms with Crippen LogP contribution in [0.5, 0.6) is 5.75 Å². The number of pyridine rings is 7. The highest BCUT2D eigenvalue weighted by Gasteiger charge is 2.25. The first-order valence-electron chi connectivity index (χ1n) is 26.5. The molecule has 0 saturated heterocycles. The number of carbonyl (C=O) groups is 1. The molecule has 0 bridgehead atoms. The molecule has 2 N–H and O–H groups in total. The lowest BCUT2D eigenvalue weighted by atomic mass is 9.82. The fraction of sp³-hybridized carbons (Fsp3) is 0.134. The summed E-state index contributed by atoms with van der Waals surface area (Å²) in [5, 5.41) is 19.8. The first-order valence-corrected chi connectivity index (χ1v) is 28.1. The normalized spacial score (nSPS) is 10.8. The van der Waals surface area contributed by atoms with Crippen LogP contribution in [0.2, 0.25) is 10.3 Å². The van der Waals surface area contributed by atoms with Crippen LogP contribution in [0, 0.1) is 55.4 Å². The molecule has 0 saturated carbocycles. The van der Waals surface area contributed by atoms with Gasteiger partial charge < -0.3 is 14.8 Å². The maximum absolute atomic E-state index is 10.2. The zero-order chi connectivity index (χ0) is 59.1. The Morgan fingerprint density at radius 2 is 1.02 bits per heavy atom. The lowest BCUT2D eigenvalue weighted by molar-refractivity contribution is 0.112. The Morgan fingerprint density at radius 3 is 1.55 bits per heavy atom. The molecule has 0 fully saturated rings. The quantitative estimate of drug-likeness (QED) is 0.0645. The summed E-state index contributed by atoms with van der Waals surface area (Å²) >= 11 is 14.6. The third kappa shape index (κ3) is 12.8. The van der Waals surface area contributed by atoms with Crippen LogP contribution in [-0.2, 0) is 0 Å². The van der Waals surface area contributed by atoms with E-state index in [1.807, 2.05) is 48.8 Å². The highest BCUT2D eigenvalue weighted by atomic mass is 79.9. The summed E-state index contributed by atoms with van der Waals surface area (Å²) in [6, 6.07) is 44.9. The Balaban J connectivity index is 0.000000195. The van der Waals surface area contributed by atoms with Gasteiger partial charge in [0.1, 0.15) is 37.6 Å². The van der Waals surface area contributed by atoms with Gasteiger partial charge in [0.05, 0.1) is 24.0 Å². The number of fused-ring (bicyclic) bond motifs is 6. The maximum Gasteiger partial charge on any atom is 0.491 e. The topological polar surface area (TPSA) is 161 Å². The molecule has 0 unspecified atom stereocenters. The fourth-order valence-electron chi connectivity index (χ4n) is 10.6. The van der Waals surface area contributed by atoms with E-state index in [1.165, 1.54) is 79.0 Å². The number of ether oxygens (including phenoxy) is 1. The van der Waals surface area contributed by atoms with E-state index in [0.717, 1.165) is 61.9 Å². The Morgan fingerprint density at radius 1 is 0.518 bits per heavy atom. The van der Waals surface area contributed by atoms with Gasteiger partial charge in [-0.3, -0.25) is 19.2 Å². The number of hydrogen-bond acceptors (Lipinski definition) is 11. The number of aldehydes is 1. The molecule has 8 heterocycles. The summed E-state index contributed by atoms with van der Waals surface area (Å²) in [5.74, 6) is 0.687. The number of methoxy groups -OCH3 is 1. The molecule has 4 aromatic carbocycles. The molecular weight excluding hydrogens is 1140 g/mol. The van der Waals surface area contributed by atoms with Gasteiger partial charge >= 0.3 is 7.12 Å². The number of benzene rings is 4. The molecule has 0 atom stereocenters. The Bertz CT molecular complexity index is 4340. The number of nitrogens with zero attached hydrogens (tertiary/aromatic N) is 8. The highest BCUT2D eigenvalue weighted by Crippen LogP contribution is 2.43. The minimum absolute atomic E-state index is 0.123. The van der Waals surface area contributed by atoms with Crippen LogP contribution in [0.15, 0.2) is 175 Å². The van der Waals surface area contributed by atoms with Gasteiger partial charge in [0.25, 0.3) is 0 Å². The summed E-state index contributed by atoms with van der Waals surface area (Å²) in [7, 11) is 0.0614. The zero-order valence-corrected chi connectivity index (χ0v) is 50.3. The minimum Gasteiger partial charge on any atom is -0.494 e. The first-order chi connectivity index (χ1) is 40.0. The summed E-state index contributed by atoms with van der Waals surface area (Å²) in [5.41, 5.74) is 24.4. The summed E-state index contributed by atoms with van der Waals surface area (Å²) in [4.78, 5) is 41.1. The SMILES string of the molecule is COc1cccnc1-c1cccnc1Cl.Cc1cc(C)c(-c2ccc(-c3nc4c5cccnc5c5cccnc5n4c3-c3ccc(-c4c(C)cc(C)cc4C)cc3C)c(C)c2)c(C)c1.O=Cc1cccnc1Br.OB(O)c1cccnc1Cl. The zero-order valence-electron chi connectivity index (χ0n) is 47.2. The molecule has 12 rings (SSSR count). The van der Waals surface area contributed by atoms with E-state index in [4.69, 9.17) is 52.9 Å². The van der Waals surface area contributed by atoms with Crippen LogP contribution in [-0.4, -0.2) is 69.9 Å². The lowest BCUT2D eigenvalue weighted by Crippen LogP contribution is -2.31. The van der Waals surface area contributed by atoms with Crippen LogP contribution >= 0.6 is 39.1 Å². The minimum atomic E-state index is -1.54. The number of aromatic nitrogens is 8. The van der Waals surface area contributed by atoms with Crippen molar-refractivity contribution in [2.75, 3.05) is 7.11 Å². The van der Waals surface area contributed by atoms with Gasteiger partial charge in [-0.15, -0.1) is 0 Å². The van der Waals surface area contributed by atoms with Crippen LogP contribution in [0.3, 0.4) is 0 Å². The largest absolute Gasteiger partial charge is 0.494 e. The summed E-state index contributed by atoms with van der Waals surface area (Å²) in [6.45, 7) is 17.6. The van der Waals surface area contributed by atoms with Gasteiger partial charge in [-0.1, -0.05) is 101 Å². The second kappa shape index (κ2) is 26.2. The third-order valence-corrected chi connectivity index (χ3v) is 15.3. The molecule has 0 aliphatic heterocycles. The molecule has 0 aliphatic carbocycles. The van der Waals surface area contributed by atoms with Crippen molar-refractivity contribution in [3.05, 3.63) is 236 Å². The molecule has 16 heteroatoms. The van der Waals surface area contributed by atoms with E-state index in [9.17, 15) is 4.79 Å². The van der Waals surface area contributed by atoms with Crippen LogP contribution in [0.25, 0.3) is 83.6 Å². The van der Waals surface area contributed by atoms with E-state index in [1.54, 1.807) is 43.9 Å². The van der Waals surface area contributed by atoms with Crippen molar-refractivity contribution in [1.29, 1.82) is 0 Å². The van der Waals surface area contributed by atoms with Crippen molar-refractivity contribution in [3.8, 4) is 61.8 Å². The van der Waals surface area contributed by atoms with Gasteiger partial charge in [-0.05, 0) is 194 Å². The number of rotatable bonds is 8. The van der Waals surface area contributed by atoms with Crippen molar-refractivity contribution in [2.45, 2.75) is 55.4 Å². The molecule has 83 heavy (non-hydrogen) atoms. The number of carbonyl (C=O) groups excluding carboxylic acids is 1. The average Bonchev–Trinajstić information content (AvgIpc) is 3.51. The van der Waals surface area contributed by atoms with E-state index in [0.29, 0.717) is 26.8 Å². The van der Waals surface area contributed by atoms with Gasteiger partial charge in [0, 0.05) is 75.7 Å². The second-order valence-electron chi connectivity index (χ2n) is 20.0. The van der Waals surface area contributed by atoms with E-state index in [2.05, 4.69) is 168 Å². The fourth-order valence-corrected chi connectivity index (χ4v) is 11.4. The molecule has 0 amide bonds. The van der Waals surface area contributed by atoms with Crippen LogP contribution in [0.1, 0.15) is 54.9 Å². The lowest BCUT2D eigenvalue weighted by Gasteiger charge is -2.17. The number of hydrogen-bond donors (Lipinski definition) is 2. The Hall–Kier alpha value is -8.50. The van der Waals surface area contributed by atoms with Crippen molar-refractivity contribution in [1.82, 2.24) is 39.3 Å². The Kier molecular flexibility index (Phi) is 18.6. The number of halogens is 3. The first kappa shape index (κ1) is 59.1. The highest BCUT2D eigenvalue weighted by molar-refractivity contribution is 9.10. The summed E-state index contributed by atoms with van der Waals surface area (Å²) < 4.78 is 8.07. The third-order valence-electron chi connectivity index (χ3n) is 14.1. The molecule has 12 nitrogen and oxygen atoms in total. The smallest absolute Gasteiger partial charge is 0.491 e. The molecule has 8 aromatic heterocycles.